The van der Waals surface area contributed by atoms with E-state index in [1.54, 1.807) is 38.3 Å². The number of amides is 1. The Balaban J connectivity index is 1.89. The molecule has 2 aromatic carbocycles. The fourth-order valence-electron chi connectivity index (χ4n) is 1.91. The van der Waals surface area contributed by atoms with Crippen molar-refractivity contribution in [3.8, 4) is 17.2 Å². The Morgan fingerprint density at radius 2 is 1.92 bits per heavy atom. The largest absolute Gasteiger partial charge is 0.508 e. The summed E-state index contributed by atoms with van der Waals surface area (Å²) in [4.78, 5) is 12.0. The molecule has 0 fully saturated rings. The van der Waals surface area contributed by atoms with E-state index in [0.717, 1.165) is 11.4 Å². The monoisotopic (exact) mass is 329 g/mol. The second-order valence-corrected chi connectivity index (χ2v) is 5.07. The van der Waals surface area contributed by atoms with Crippen LogP contribution >= 0.6 is 0 Å². The molecule has 0 radical (unpaired) electrons. The normalized spacial score (nSPS) is 11.9. The standard InChI is InChI=1S/C17H19N3O4/c1-11(19-13-4-7-15(24-2)8-5-13)17(23)20-18-10-12-3-6-14(21)9-16(12)22/h3-11,19,21-22H,1-2H3,(H,20,23)/b18-10+. The summed E-state index contributed by atoms with van der Waals surface area (Å²) in [6.07, 6.45) is 1.30. The van der Waals surface area contributed by atoms with E-state index in [1.165, 1.54) is 24.4 Å². The maximum absolute atomic E-state index is 12.0. The first-order chi connectivity index (χ1) is 11.5. The second kappa shape index (κ2) is 7.87. The van der Waals surface area contributed by atoms with Gasteiger partial charge in [-0.25, -0.2) is 5.43 Å². The molecule has 4 N–H and O–H groups in total. The SMILES string of the molecule is COc1ccc(NC(C)C(=O)N/N=C/c2ccc(O)cc2O)cc1. The van der Waals surface area contributed by atoms with Crippen LogP contribution in [0, 0.1) is 0 Å². The van der Waals surface area contributed by atoms with Crippen LogP contribution in [-0.4, -0.2) is 35.5 Å². The van der Waals surface area contributed by atoms with Crippen molar-refractivity contribution >= 4 is 17.8 Å². The predicted molar refractivity (Wildman–Crippen MR) is 91.6 cm³/mol. The minimum atomic E-state index is -0.510. The number of rotatable bonds is 6. The van der Waals surface area contributed by atoms with Gasteiger partial charge in [0, 0.05) is 17.3 Å². The topological polar surface area (TPSA) is 103 Å². The average Bonchev–Trinajstić information content (AvgIpc) is 2.57. The van der Waals surface area contributed by atoms with Crippen LogP contribution in [0.15, 0.2) is 47.6 Å². The summed E-state index contributed by atoms with van der Waals surface area (Å²) in [6, 6.07) is 10.8. The number of hydrogen-bond donors (Lipinski definition) is 4. The fraction of sp³-hybridized carbons (Fsp3) is 0.176. The highest BCUT2D eigenvalue weighted by Gasteiger charge is 2.11. The molecule has 0 aliphatic heterocycles. The predicted octanol–water partition coefficient (Wildman–Crippen LogP) is 2.06. The van der Waals surface area contributed by atoms with Crippen LogP contribution in [0.2, 0.25) is 0 Å². The zero-order valence-corrected chi connectivity index (χ0v) is 13.4. The van der Waals surface area contributed by atoms with Crippen LogP contribution in [0.1, 0.15) is 12.5 Å². The van der Waals surface area contributed by atoms with Crippen LogP contribution in [0.3, 0.4) is 0 Å². The zero-order chi connectivity index (χ0) is 17.5. The number of hydrazone groups is 1. The third-order valence-electron chi connectivity index (χ3n) is 3.26. The molecule has 0 bridgehead atoms. The number of phenols is 2. The smallest absolute Gasteiger partial charge is 0.262 e. The molecule has 2 rings (SSSR count). The van der Waals surface area contributed by atoms with E-state index in [0.29, 0.717) is 5.56 Å². The van der Waals surface area contributed by atoms with Gasteiger partial charge in [0.2, 0.25) is 0 Å². The number of hydrogen-bond acceptors (Lipinski definition) is 6. The Labute approximate surface area is 139 Å². The molecule has 0 aliphatic rings. The molecule has 0 saturated heterocycles. The van der Waals surface area contributed by atoms with E-state index in [2.05, 4.69) is 15.8 Å². The van der Waals surface area contributed by atoms with E-state index in [9.17, 15) is 15.0 Å². The number of ether oxygens (including phenoxy) is 1. The van der Waals surface area contributed by atoms with Gasteiger partial charge >= 0.3 is 0 Å². The van der Waals surface area contributed by atoms with Crippen molar-refractivity contribution in [1.82, 2.24) is 5.43 Å². The van der Waals surface area contributed by atoms with E-state index < -0.39 is 6.04 Å². The highest BCUT2D eigenvalue weighted by Crippen LogP contribution is 2.20. The van der Waals surface area contributed by atoms with Crippen LogP contribution < -0.4 is 15.5 Å². The molecule has 1 atom stereocenters. The number of benzene rings is 2. The summed E-state index contributed by atoms with van der Waals surface area (Å²) in [6.45, 7) is 1.70. The van der Waals surface area contributed by atoms with Gasteiger partial charge in [0.1, 0.15) is 23.3 Å². The van der Waals surface area contributed by atoms with Gasteiger partial charge in [0.05, 0.1) is 13.3 Å². The molecular weight excluding hydrogens is 310 g/mol. The molecule has 7 nitrogen and oxygen atoms in total. The third kappa shape index (κ3) is 4.64. The Hall–Kier alpha value is -3.22. The Morgan fingerprint density at radius 1 is 1.21 bits per heavy atom. The minimum absolute atomic E-state index is 0.0500. The number of methoxy groups -OCH3 is 1. The molecule has 24 heavy (non-hydrogen) atoms. The summed E-state index contributed by atoms with van der Waals surface area (Å²) >= 11 is 0. The fourth-order valence-corrected chi connectivity index (χ4v) is 1.91. The first kappa shape index (κ1) is 17.1. The molecule has 0 heterocycles. The van der Waals surface area contributed by atoms with E-state index in [1.807, 2.05) is 0 Å². The maximum atomic E-state index is 12.0. The summed E-state index contributed by atoms with van der Waals surface area (Å²) in [5.74, 6) is 0.222. The number of aromatic hydroxyl groups is 2. The molecule has 1 unspecified atom stereocenters. The summed E-state index contributed by atoms with van der Waals surface area (Å²) in [5, 5.41) is 25.7. The lowest BCUT2D eigenvalue weighted by atomic mass is 10.2. The Bertz CT molecular complexity index is 729. The van der Waals surface area contributed by atoms with Gasteiger partial charge in [0.25, 0.3) is 5.91 Å². The zero-order valence-electron chi connectivity index (χ0n) is 13.4. The van der Waals surface area contributed by atoms with Crippen molar-refractivity contribution in [2.45, 2.75) is 13.0 Å². The number of carbonyl (C=O) groups excluding carboxylic acids is 1. The highest BCUT2D eigenvalue weighted by atomic mass is 16.5. The molecule has 0 spiro atoms. The van der Waals surface area contributed by atoms with Gasteiger partial charge in [-0.15, -0.1) is 0 Å². The second-order valence-electron chi connectivity index (χ2n) is 5.07. The van der Waals surface area contributed by atoms with Crippen LogP contribution in [0.25, 0.3) is 0 Å². The van der Waals surface area contributed by atoms with Crippen molar-refractivity contribution in [2.24, 2.45) is 5.10 Å². The quantitative estimate of drug-likeness (QED) is 0.480. The van der Waals surface area contributed by atoms with Gasteiger partial charge in [-0.1, -0.05) is 0 Å². The lowest BCUT2D eigenvalue weighted by molar-refractivity contribution is -0.121. The van der Waals surface area contributed by atoms with Crippen LogP contribution in [0.5, 0.6) is 17.2 Å². The third-order valence-corrected chi connectivity index (χ3v) is 3.26. The van der Waals surface area contributed by atoms with Gasteiger partial charge in [-0.3, -0.25) is 4.79 Å². The number of phenolic OH excluding ortho intramolecular Hbond substituents is 2. The van der Waals surface area contributed by atoms with Crippen molar-refractivity contribution in [3.63, 3.8) is 0 Å². The van der Waals surface area contributed by atoms with E-state index >= 15 is 0 Å². The summed E-state index contributed by atoms with van der Waals surface area (Å²) < 4.78 is 5.07. The van der Waals surface area contributed by atoms with Crippen molar-refractivity contribution in [1.29, 1.82) is 0 Å². The number of carbonyl (C=O) groups is 1. The first-order valence-corrected chi connectivity index (χ1v) is 7.25. The molecule has 0 aliphatic carbocycles. The van der Waals surface area contributed by atoms with Crippen LogP contribution in [-0.2, 0) is 4.79 Å². The van der Waals surface area contributed by atoms with Crippen LogP contribution in [0.4, 0.5) is 5.69 Å². The van der Waals surface area contributed by atoms with Gasteiger partial charge in [-0.05, 0) is 43.3 Å². The molecule has 0 aromatic heterocycles. The van der Waals surface area contributed by atoms with Crippen molar-refractivity contribution < 1.29 is 19.7 Å². The highest BCUT2D eigenvalue weighted by molar-refractivity contribution is 5.87. The van der Waals surface area contributed by atoms with Crippen molar-refractivity contribution in [3.05, 3.63) is 48.0 Å². The van der Waals surface area contributed by atoms with Gasteiger partial charge < -0.3 is 20.3 Å². The molecule has 0 saturated carbocycles. The lowest BCUT2D eigenvalue weighted by Gasteiger charge is -2.13. The number of anilines is 1. The van der Waals surface area contributed by atoms with Gasteiger partial charge in [0.15, 0.2) is 0 Å². The minimum Gasteiger partial charge on any atom is -0.508 e. The number of nitrogens with zero attached hydrogens (tertiary/aromatic N) is 1. The van der Waals surface area contributed by atoms with Crippen molar-refractivity contribution in [2.75, 3.05) is 12.4 Å². The molecule has 2 aromatic rings. The van der Waals surface area contributed by atoms with E-state index in [4.69, 9.17) is 4.74 Å². The maximum Gasteiger partial charge on any atom is 0.262 e. The first-order valence-electron chi connectivity index (χ1n) is 7.25. The molecule has 7 heteroatoms. The lowest BCUT2D eigenvalue weighted by Crippen LogP contribution is -2.34. The van der Waals surface area contributed by atoms with Gasteiger partial charge in [-0.2, -0.15) is 5.10 Å². The summed E-state index contributed by atoms with van der Waals surface area (Å²) in [5.41, 5.74) is 3.54. The molecule has 1 amide bonds. The molecular formula is C17H19N3O4. The summed E-state index contributed by atoms with van der Waals surface area (Å²) in [7, 11) is 1.59. The van der Waals surface area contributed by atoms with E-state index in [-0.39, 0.29) is 17.4 Å². The molecule has 126 valence electrons. The average molecular weight is 329 g/mol. The Morgan fingerprint density at radius 3 is 2.54 bits per heavy atom. The number of nitrogens with one attached hydrogen (secondary N) is 2. The Kier molecular flexibility index (Phi) is 5.62.